The average Bonchev–Trinajstić information content (AvgIpc) is 2.46. The molecule has 2 aromatic rings. The first-order chi connectivity index (χ1) is 9.70. The molecule has 1 atom stereocenters. The van der Waals surface area contributed by atoms with Crippen molar-refractivity contribution in [3.8, 4) is 0 Å². The Morgan fingerprint density at radius 2 is 1.80 bits per heavy atom. The third-order valence-corrected chi connectivity index (χ3v) is 4.78. The second-order valence-corrected chi connectivity index (χ2v) is 6.23. The third-order valence-electron chi connectivity index (χ3n) is 3.17. The van der Waals surface area contributed by atoms with E-state index < -0.39 is 0 Å². The van der Waals surface area contributed by atoms with Crippen molar-refractivity contribution in [2.24, 2.45) is 0 Å². The van der Waals surface area contributed by atoms with Crippen LogP contribution in [0.4, 0.5) is 0 Å². The van der Waals surface area contributed by atoms with E-state index in [1.165, 1.54) is 11.1 Å². The molecule has 0 saturated carbocycles. The molecule has 0 saturated heterocycles. The number of nitrogens with one attached hydrogen (secondary N) is 1. The van der Waals surface area contributed by atoms with Crippen molar-refractivity contribution in [3.63, 3.8) is 0 Å². The van der Waals surface area contributed by atoms with Crippen LogP contribution in [0.1, 0.15) is 24.1 Å². The molecule has 0 amide bonds. The largest absolute Gasteiger partial charge is 0.309 e. The van der Waals surface area contributed by atoms with E-state index in [4.69, 9.17) is 11.6 Å². The van der Waals surface area contributed by atoms with Gasteiger partial charge in [0.1, 0.15) is 0 Å². The van der Waals surface area contributed by atoms with E-state index in [1.807, 2.05) is 18.2 Å². The van der Waals surface area contributed by atoms with E-state index in [9.17, 15) is 0 Å². The Hall–Kier alpha value is -0.960. The normalized spacial score (nSPS) is 12.3. The lowest BCUT2D eigenvalue weighted by Gasteiger charge is -2.18. The Bertz CT molecular complexity index is 539. The zero-order chi connectivity index (χ0) is 14.4. The molecule has 0 aliphatic carbocycles. The summed E-state index contributed by atoms with van der Waals surface area (Å²) in [6.45, 7) is 5.22. The minimum absolute atomic E-state index is 0.349. The van der Waals surface area contributed by atoms with Crippen molar-refractivity contribution < 1.29 is 0 Å². The lowest BCUT2D eigenvalue weighted by atomic mass is 10.1. The molecule has 20 heavy (non-hydrogen) atoms. The van der Waals surface area contributed by atoms with Crippen LogP contribution in [0.3, 0.4) is 0 Å². The average molecular weight is 306 g/mol. The number of hydrogen-bond acceptors (Lipinski definition) is 2. The Labute approximate surface area is 130 Å². The molecule has 2 aromatic carbocycles. The summed E-state index contributed by atoms with van der Waals surface area (Å²) in [5.41, 5.74) is 2.62. The van der Waals surface area contributed by atoms with Gasteiger partial charge in [-0.15, -0.1) is 11.8 Å². The summed E-state index contributed by atoms with van der Waals surface area (Å²) in [5, 5.41) is 4.37. The molecule has 0 spiro atoms. The number of thioether (sulfide) groups is 1. The zero-order valence-electron chi connectivity index (χ0n) is 11.9. The molecule has 3 heteroatoms. The molecule has 0 aliphatic heterocycles. The quantitative estimate of drug-likeness (QED) is 0.746. The monoisotopic (exact) mass is 305 g/mol. The number of aryl methyl sites for hydroxylation is 1. The molecule has 106 valence electrons. The lowest BCUT2D eigenvalue weighted by Crippen LogP contribution is -2.22. The molecule has 0 heterocycles. The van der Waals surface area contributed by atoms with Gasteiger partial charge in [-0.05, 0) is 31.2 Å². The summed E-state index contributed by atoms with van der Waals surface area (Å²) in [6, 6.07) is 17.1. The van der Waals surface area contributed by atoms with Crippen LogP contribution in [0.15, 0.2) is 53.4 Å². The Morgan fingerprint density at radius 1 is 1.10 bits per heavy atom. The van der Waals surface area contributed by atoms with Crippen molar-refractivity contribution in [1.29, 1.82) is 0 Å². The van der Waals surface area contributed by atoms with Crippen LogP contribution >= 0.6 is 23.4 Å². The second kappa shape index (κ2) is 7.72. The second-order valence-electron chi connectivity index (χ2n) is 4.76. The summed E-state index contributed by atoms with van der Waals surface area (Å²) in [5.74, 6) is 0.973. The highest BCUT2D eigenvalue weighted by molar-refractivity contribution is 7.99. The predicted molar refractivity (Wildman–Crippen MR) is 89.8 cm³/mol. The zero-order valence-corrected chi connectivity index (χ0v) is 13.5. The lowest BCUT2D eigenvalue weighted by molar-refractivity contribution is 0.606. The molecule has 0 aromatic heterocycles. The highest BCUT2D eigenvalue weighted by Crippen LogP contribution is 2.30. The number of hydrogen-bond donors (Lipinski definition) is 1. The fourth-order valence-corrected chi connectivity index (χ4v) is 3.39. The maximum atomic E-state index is 6.21. The van der Waals surface area contributed by atoms with E-state index in [2.05, 4.69) is 49.5 Å². The molecule has 0 bridgehead atoms. The van der Waals surface area contributed by atoms with Crippen molar-refractivity contribution in [1.82, 2.24) is 5.32 Å². The molecule has 0 fully saturated rings. The molecule has 1 unspecified atom stereocenters. The summed E-state index contributed by atoms with van der Waals surface area (Å²) < 4.78 is 0. The van der Waals surface area contributed by atoms with Crippen molar-refractivity contribution in [2.45, 2.75) is 24.8 Å². The maximum absolute atomic E-state index is 6.21. The van der Waals surface area contributed by atoms with Crippen LogP contribution in [0.5, 0.6) is 0 Å². The summed E-state index contributed by atoms with van der Waals surface area (Å²) >= 11 is 8.01. The summed E-state index contributed by atoms with van der Waals surface area (Å²) in [7, 11) is 0. The minimum atomic E-state index is 0.349. The molecule has 1 nitrogen and oxygen atoms in total. The van der Waals surface area contributed by atoms with Gasteiger partial charge in [-0.2, -0.15) is 0 Å². The van der Waals surface area contributed by atoms with Crippen LogP contribution in [0.25, 0.3) is 0 Å². The van der Waals surface area contributed by atoms with E-state index in [0.29, 0.717) is 6.04 Å². The van der Waals surface area contributed by atoms with Crippen LogP contribution in [0.2, 0.25) is 5.02 Å². The SMILES string of the molecule is CCNC(CSc1ccccc1Cl)c1ccc(C)cc1. The van der Waals surface area contributed by atoms with Gasteiger partial charge in [0, 0.05) is 16.7 Å². The van der Waals surface area contributed by atoms with Gasteiger partial charge in [-0.3, -0.25) is 0 Å². The topological polar surface area (TPSA) is 12.0 Å². The molecule has 2 rings (SSSR count). The Kier molecular flexibility index (Phi) is 5.96. The molecule has 0 radical (unpaired) electrons. The molecule has 1 N–H and O–H groups in total. The maximum Gasteiger partial charge on any atom is 0.0541 e. The molecule has 0 aliphatic rings. The van der Waals surface area contributed by atoms with Crippen molar-refractivity contribution >= 4 is 23.4 Å². The van der Waals surface area contributed by atoms with E-state index in [0.717, 1.165) is 22.2 Å². The van der Waals surface area contributed by atoms with Gasteiger partial charge in [0.05, 0.1) is 5.02 Å². The number of halogens is 1. The van der Waals surface area contributed by atoms with Gasteiger partial charge in [0.15, 0.2) is 0 Å². The van der Waals surface area contributed by atoms with Crippen molar-refractivity contribution in [3.05, 3.63) is 64.7 Å². The Balaban J connectivity index is 2.06. The van der Waals surface area contributed by atoms with Gasteiger partial charge < -0.3 is 5.32 Å². The van der Waals surface area contributed by atoms with E-state index in [1.54, 1.807) is 11.8 Å². The molecular weight excluding hydrogens is 286 g/mol. The van der Waals surface area contributed by atoms with Crippen molar-refractivity contribution in [2.75, 3.05) is 12.3 Å². The fraction of sp³-hybridized carbons (Fsp3) is 0.294. The first kappa shape index (κ1) is 15.4. The van der Waals surface area contributed by atoms with E-state index in [-0.39, 0.29) is 0 Å². The van der Waals surface area contributed by atoms with Gasteiger partial charge in [0.25, 0.3) is 0 Å². The minimum Gasteiger partial charge on any atom is -0.309 e. The summed E-state index contributed by atoms with van der Waals surface area (Å²) in [6.07, 6.45) is 0. The first-order valence-corrected chi connectivity index (χ1v) is 8.24. The van der Waals surface area contributed by atoms with Gasteiger partial charge in [-0.25, -0.2) is 0 Å². The third kappa shape index (κ3) is 4.27. The van der Waals surface area contributed by atoms with Gasteiger partial charge in [-0.1, -0.05) is 60.5 Å². The van der Waals surface area contributed by atoms with E-state index >= 15 is 0 Å². The van der Waals surface area contributed by atoms with Crippen LogP contribution in [0, 0.1) is 6.92 Å². The number of benzene rings is 2. The van der Waals surface area contributed by atoms with Crippen LogP contribution in [-0.4, -0.2) is 12.3 Å². The van der Waals surface area contributed by atoms with Gasteiger partial charge in [0.2, 0.25) is 0 Å². The number of rotatable bonds is 6. The smallest absolute Gasteiger partial charge is 0.0541 e. The highest BCUT2D eigenvalue weighted by Gasteiger charge is 2.11. The highest BCUT2D eigenvalue weighted by atomic mass is 35.5. The van der Waals surface area contributed by atoms with Crippen LogP contribution in [-0.2, 0) is 0 Å². The standard InChI is InChI=1S/C17H20ClNS/c1-3-19-16(14-10-8-13(2)9-11-14)12-20-17-7-5-4-6-15(17)18/h4-11,16,19H,3,12H2,1-2H3. The summed E-state index contributed by atoms with van der Waals surface area (Å²) in [4.78, 5) is 1.14. The van der Waals surface area contributed by atoms with Gasteiger partial charge >= 0.3 is 0 Å². The Morgan fingerprint density at radius 3 is 2.45 bits per heavy atom. The van der Waals surface area contributed by atoms with Crippen LogP contribution < -0.4 is 5.32 Å². The predicted octanol–water partition coefficient (Wildman–Crippen LogP) is 5.09. The first-order valence-electron chi connectivity index (χ1n) is 6.88. The fourth-order valence-electron chi connectivity index (χ4n) is 2.05. The molecular formula is C17H20ClNS.